The van der Waals surface area contributed by atoms with Gasteiger partial charge in [-0.05, 0) is 24.6 Å². The van der Waals surface area contributed by atoms with Gasteiger partial charge >= 0.3 is 0 Å². The maximum atomic E-state index is 9.00. The summed E-state index contributed by atoms with van der Waals surface area (Å²) in [6.45, 7) is 7.05. The summed E-state index contributed by atoms with van der Waals surface area (Å²) in [5.41, 5.74) is 7.33. The predicted octanol–water partition coefficient (Wildman–Crippen LogP) is 2.19. The van der Waals surface area contributed by atoms with Crippen LogP contribution in [0.3, 0.4) is 0 Å². The fourth-order valence-electron chi connectivity index (χ4n) is 0.989. The van der Waals surface area contributed by atoms with Crippen LogP contribution in [0.1, 0.15) is 19.4 Å². The van der Waals surface area contributed by atoms with E-state index in [1.807, 2.05) is 13.0 Å². The van der Waals surface area contributed by atoms with Crippen molar-refractivity contribution in [3.05, 3.63) is 35.9 Å². The van der Waals surface area contributed by atoms with Crippen LogP contribution in [0.25, 0.3) is 0 Å². The molecule has 0 heterocycles. The average molecular weight is 248 g/mol. The van der Waals surface area contributed by atoms with Crippen LogP contribution >= 0.6 is 0 Å². The van der Waals surface area contributed by atoms with Crippen molar-refractivity contribution >= 4 is 11.7 Å². The monoisotopic (exact) mass is 248 g/mol. The van der Waals surface area contributed by atoms with Crippen molar-refractivity contribution in [2.24, 2.45) is 0 Å². The maximum absolute atomic E-state index is 9.00. The molecule has 0 saturated heterocycles. The molecule has 0 aromatic heterocycles. The number of nitrogens with zero attached hydrogens (tertiary/aromatic N) is 1. The Hall–Kier alpha value is -2.48. The largest absolute Gasteiger partial charge is 0.488 e. The fraction of sp³-hybridized carbons (Fsp3) is 0.231. The van der Waals surface area contributed by atoms with Crippen molar-refractivity contribution in [3.8, 4) is 11.8 Å². The molecule has 0 radical (unpaired) electrons. The minimum atomic E-state index is -0.833. The second-order valence-electron chi connectivity index (χ2n) is 3.60. The molecular weight excluding hydrogens is 232 g/mol. The molecule has 5 heteroatoms. The first-order chi connectivity index (χ1) is 8.38. The highest BCUT2D eigenvalue weighted by molar-refractivity contribution is 5.63. The molecule has 0 bridgehead atoms. The Bertz CT molecular complexity index is 472. The average Bonchev–Trinajstić information content (AvgIpc) is 2.25. The van der Waals surface area contributed by atoms with Crippen LogP contribution in [0.4, 0.5) is 5.69 Å². The second kappa shape index (κ2) is 7.74. The molecule has 1 rings (SSSR count). The third kappa shape index (κ3) is 6.18. The first-order valence-electron chi connectivity index (χ1n) is 5.13. The molecule has 5 nitrogen and oxygen atoms in total. The Labute approximate surface area is 106 Å². The normalized spacial score (nSPS) is 8.50. The van der Waals surface area contributed by atoms with Crippen molar-refractivity contribution < 1.29 is 14.6 Å². The highest BCUT2D eigenvalue weighted by atomic mass is 16.5. The van der Waals surface area contributed by atoms with Crippen LogP contribution in [-0.2, 0) is 4.79 Å². The molecule has 1 aromatic carbocycles. The van der Waals surface area contributed by atoms with Gasteiger partial charge in [-0.1, -0.05) is 12.6 Å². The lowest BCUT2D eigenvalue weighted by atomic mass is 10.2. The minimum Gasteiger partial charge on any atom is -0.488 e. The number of nitrogen functional groups attached to an aromatic ring is 1. The van der Waals surface area contributed by atoms with Crippen LogP contribution < -0.4 is 10.5 Å². The van der Waals surface area contributed by atoms with Crippen molar-refractivity contribution in [2.45, 2.75) is 13.8 Å². The lowest BCUT2D eigenvalue weighted by Gasteiger charge is -2.08. The van der Waals surface area contributed by atoms with Crippen LogP contribution in [0, 0.1) is 11.3 Å². The van der Waals surface area contributed by atoms with Crippen molar-refractivity contribution in [2.75, 3.05) is 12.3 Å². The molecule has 0 aliphatic carbocycles. The molecule has 0 atom stereocenters. The standard InChI is InChI=1S/C11H12N2O.C2H4O2/c1-8(2)7-14-11-5-3-4-10(13)9(11)6-12;1-2(3)4/h3-5H,1,7,13H2,2H3;1H3,(H,3,4). The smallest absolute Gasteiger partial charge is 0.300 e. The van der Waals surface area contributed by atoms with Crippen LogP contribution in [0.15, 0.2) is 30.4 Å². The van der Waals surface area contributed by atoms with Gasteiger partial charge in [-0.3, -0.25) is 4.79 Å². The summed E-state index contributed by atoms with van der Waals surface area (Å²) in [5, 5.41) is 16.2. The summed E-state index contributed by atoms with van der Waals surface area (Å²) in [4.78, 5) is 9.00. The Morgan fingerprint density at radius 3 is 2.56 bits per heavy atom. The van der Waals surface area contributed by atoms with E-state index < -0.39 is 5.97 Å². The molecule has 18 heavy (non-hydrogen) atoms. The predicted molar refractivity (Wildman–Crippen MR) is 69.2 cm³/mol. The number of rotatable bonds is 3. The quantitative estimate of drug-likeness (QED) is 0.631. The molecule has 1 aromatic rings. The summed E-state index contributed by atoms with van der Waals surface area (Å²) in [5.74, 6) is -0.324. The number of hydrogen-bond acceptors (Lipinski definition) is 4. The number of nitriles is 1. The molecular formula is C13H16N2O3. The van der Waals surface area contributed by atoms with E-state index in [9.17, 15) is 0 Å². The van der Waals surface area contributed by atoms with Gasteiger partial charge in [0, 0.05) is 6.92 Å². The third-order valence-electron chi connectivity index (χ3n) is 1.64. The van der Waals surface area contributed by atoms with E-state index in [1.165, 1.54) is 0 Å². The zero-order valence-corrected chi connectivity index (χ0v) is 10.4. The Kier molecular flexibility index (Phi) is 6.67. The number of carbonyl (C=O) groups is 1. The van der Waals surface area contributed by atoms with E-state index in [-0.39, 0.29) is 0 Å². The Morgan fingerprint density at radius 1 is 1.56 bits per heavy atom. The molecule has 0 aliphatic heterocycles. The molecule has 0 saturated carbocycles. The Balaban J connectivity index is 0.000000631. The van der Waals surface area contributed by atoms with E-state index in [0.29, 0.717) is 23.6 Å². The van der Waals surface area contributed by atoms with Gasteiger partial charge in [0.2, 0.25) is 0 Å². The zero-order valence-electron chi connectivity index (χ0n) is 10.4. The van der Waals surface area contributed by atoms with E-state index in [1.54, 1.807) is 18.2 Å². The van der Waals surface area contributed by atoms with Crippen molar-refractivity contribution in [1.29, 1.82) is 5.26 Å². The highest BCUT2D eigenvalue weighted by Gasteiger charge is 2.05. The lowest BCUT2D eigenvalue weighted by molar-refractivity contribution is -0.134. The van der Waals surface area contributed by atoms with Gasteiger partial charge in [-0.15, -0.1) is 0 Å². The summed E-state index contributed by atoms with van der Waals surface area (Å²) >= 11 is 0. The van der Waals surface area contributed by atoms with E-state index in [4.69, 9.17) is 25.6 Å². The summed E-state index contributed by atoms with van der Waals surface area (Å²) in [7, 11) is 0. The molecule has 0 fully saturated rings. The number of carboxylic acids is 1. The number of ether oxygens (including phenoxy) is 1. The second-order valence-corrected chi connectivity index (χ2v) is 3.60. The third-order valence-corrected chi connectivity index (χ3v) is 1.64. The van der Waals surface area contributed by atoms with Gasteiger partial charge in [0.1, 0.15) is 24.0 Å². The van der Waals surface area contributed by atoms with E-state index in [0.717, 1.165) is 12.5 Å². The number of benzene rings is 1. The van der Waals surface area contributed by atoms with Crippen molar-refractivity contribution in [3.63, 3.8) is 0 Å². The number of aliphatic carboxylic acids is 1. The molecule has 0 spiro atoms. The topological polar surface area (TPSA) is 96.3 Å². The molecule has 0 amide bonds. The van der Waals surface area contributed by atoms with Crippen LogP contribution in [0.5, 0.6) is 5.75 Å². The summed E-state index contributed by atoms with van der Waals surface area (Å²) in [6, 6.07) is 7.15. The van der Waals surface area contributed by atoms with Crippen LogP contribution in [0.2, 0.25) is 0 Å². The number of nitrogens with two attached hydrogens (primary N) is 1. The van der Waals surface area contributed by atoms with Gasteiger partial charge < -0.3 is 15.6 Å². The highest BCUT2D eigenvalue weighted by Crippen LogP contribution is 2.23. The van der Waals surface area contributed by atoms with E-state index in [2.05, 4.69) is 6.58 Å². The SMILES string of the molecule is C=C(C)COc1cccc(N)c1C#N.CC(=O)O. The minimum absolute atomic E-state index is 0.383. The van der Waals surface area contributed by atoms with Gasteiger partial charge in [0.15, 0.2) is 0 Å². The number of anilines is 1. The molecule has 0 aliphatic rings. The van der Waals surface area contributed by atoms with Gasteiger partial charge in [0.05, 0.1) is 5.69 Å². The first-order valence-corrected chi connectivity index (χ1v) is 5.13. The fourth-order valence-corrected chi connectivity index (χ4v) is 0.989. The van der Waals surface area contributed by atoms with Crippen molar-refractivity contribution in [1.82, 2.24) is 0 Å². The van der Waals surface area contributed by atoms with Gasteiger partial charge in [-0.25, -0.2) is 0 Å². The van der Waals surface area contributed by atoms with Crippen LogP contribution in [-0.4, -0.2) is 17.7 Å². The van der Waals surface area contributed by atoms with Gasteiger partial charge in [-0.2, -0.15) is 5.26 Å². The molecule has 3 N–H and O–H groups in total. The van der Waals surface area contributed by atoms with Gasteiger partial charge in [0.25, 0.3) is 5.97 Å². The van der Waals surface area contributed by atoms with E-state index >= 15 is 0 Å². The molecule has 0 unspecified atom stereocenters. The number of hydrogen-bond donors (Lipinski definition) is 2. The maximum Gasteiger partial charge on any atom is 0.300 e. The molecule has 96 valence electrons. The summed E-state index contributed by atoms with van der Waals surface area (Å²) < 4.78 is 5.37. The summed E-state index contributed by atoms with van der Waals surface area (Å²) in [6.07, 6.45) is 0. The Morgan fingerprint density at radius 2 is 2.11 bits per heavy atom. The zero-order chi connectivity index (χ0) is 14.1. The lowest BCUT2D eigenvalue weighted by Crippen LogP contribution is -2.01. The number of carboxylic acid groups (broad SMARTS) is 1. The first kappa shape index (κ1) is 15.5.